The van der Waals surface area contributed by atoms with Crippen molar-refractivity contribution in [3.05, 3.63) is 0 Å². The summed E-state index contributed by atoms with van der Waals surface area (Å²) in [6, 6.07) is 0. The normalized spacial score (nSPS) is 19.3. The largest absolute Gasteiger partial charge is 0.378 e. The lowest BCUT2D eigenvalue weighted by molar-refractivity contribution is -0.0235. The predicted octanol–water partition coefficient (Wildman–Crippen LogP) is 2.79. The number of piperidine rings is 1. The van der Waals surface area contributed by atoms with E-state index in [1.165, 1.54) is 38.5 Å². The van der Waals surface area contributed by atoms with Gasteiger partial charge in [-0.2, -0.15) is 0 Å². The average molecular weight is 256 g/mol. The Hall–Kier alpha value is -0.120. The molecule has 0 aromatic heterocycles. The van der Waals surface area contributed by atoms with Crippen molar-refractivity contribution < 1.29 is 4.74 Å². The molecule has 1 heterocycles. The number of nitrogens with zero attached hydrogens (tertiary/aromatic N) is 1. The van der Waals surface area contributed by atoms with Crippen molar-refractivity contribution in [1.29, 1.82) is 0 Å². The van der Waals surface area contributed by atoms with Crippen LogP contribution >= 0.6 is 0 Å². The third-order valence-electron chi connectivity index (χ3n) is 4.33. The van der Waals surface area contributed by atoms with Crippen molar-refractivity contribution in [3.8, 4) is 0 Å². The molecule has 0 spiro atoms. The quantitative estimate of drug-likeness (QED) is 0.726. The minimum Gasteiger partial charge on any atom is -0.378 e. The minimum absolute atomic E-state index is 0.251. The second-order valence-electron chi connectivity index (χ2n) is 5.57. The van der Waals surface area contributed by atoms with Gasteiger partial charge >= 0.3 is 0 Å². The van der Waals surface area contributed by atoms with Crippen molar-refractivity contribution in [2.75, 3.05) is 26.2 Å². The number of nitrogens with two attached hydrogens (primary N) is 1. The van der Waals surface area contributed by atoms with Crippen LogP contribution in [0.4, 0.5) is 0 Å². The molecule has 3 heteroatoms. The van der Waals surface area contributed by atoms with Gasteiger partial charge in [0.05, 0.1) is 6.10 Å². The van der Waals surface area contributed by atoms with Crippen LogP contribution in [0.5, 0.6) is 0 Å². The van der Waals surface area contributed by atoms with Gasteiger partial charge in [0.2, 0.25) is 0 Å². The maximum Gasteiger partial charge on any atom is 0.0599 e. The first-order valence-electron chi connectivity index (χ1n) is 7.79. The Morgan fingerprint density at radius 2 is 1.67 bits per heavy atom. The lowest BCUT2D eigenvalue weighted by atomic mass is 9.85. The predicted molar refractivity (Wildman–Crippen MR) is 77.8 cm³/mol. The molecule has 3 nitrogen and oxygen atoms in total. The monoisotopic (exact) mass is 256 g/mol. The van der Waals surface area contributed by atoms with E-state index in [0.717, 1.165) is 26.2 Å². The standard InChI is InChI=1S/C15H32N2O/c1-4-9-15(13-16,10-5-2)17-11-7-14(8-12-17)18-6-3/h14H,4-13,16H2,1-3H3. The van der Waals surface area contributed by atoms with Crippen LogP contribution in [-0.2, 0) is 4.74 Å². The molecule has 18 heavy (non-hydrogen) atoms. The summed E-state index contributed by atoms with van der Waals surface area (Å²) < 4.78 is 5.74. The molecule has 1 fully saturated rings. The molecule has 1 saturated heterocycles. The van der Waals surface area contributed by atoms with Crippen molar-refractivity contribution >= 4 is 0 Å². The van der Waals surface area contributed by atoms with Crippen LogP contribution in [0.2, 0.25) is 0 Å². The molecular formula is C15H32N2O. The Labute approximate surface area is 113 Å². The SMILES string of the molecule is CCCC(CN)(CCC)N1CCC(OCC)CC1. The van der Waals surface area contributed by atoms with Gasteiger partial charge in [-0.15, -0.1) is 0 Å². The number of hydrogen-bond acceptors (Lipinski definition) is 3. The van der Waals surface area contributed by atoms with Gasteiger partial charge in [0.1, 0.15) is 0 Å². The van der Waals surface area contributed by atoms with Gasteiger partial charge in [-0.1, -0.05) is 26.7 Å². The van der Waals surface area contributed by atoms with Gasteiger partial charge < -0.3 is 10.5 Å². The molecule has 2 N–H and O–H groups in total. The molecule has 0 aromatic rings. The Morgan fingerprint density at radius 3 is 2.06 bits per heavy atom. The molecule has 108 valence electrons. The Kier molecular flexibility index (Phi) is 7.20. The van der Waals surface area contributed by atoms with E-state index < -0.39 is 0 Å². The first-order valence-corrected chi connectivity index (χ1v) is 7.79. The zero-order chi connectivity index (χ0) is 13.4. The Balaban J connectivity index is 2.59. The van der Waals surface area contributed by atoms with Crippen molar-refractivity contribution in [2.24, 2.45) is 5.73 Å². The first kappa shape index (κ1) is 15.9. The smallest absolute Gasteiger partial charge is 0.0599 e. The maximum atomic E-state index is 6.13. The Morgan fingerprint density at radius 1 is 1.11 bits per heavy atom. The Bertz CT molecular complexity index is 207. The second-order valence-corrected chi connectivity index (χ2v) is 5.57. The summed E-state index contributed by atoms with van der Waals surface area (Å²) in [5.41, 5.74) is 6.38. The van der Waals surface area contributed by atoms with E-state index in [9.17, 15) is 0 Å². The number of hydrogen-bond donors (Lipinski definition) is 1. The van der Waals surface area contributed by atoms with E-state index in [1.54, 1.807) is 0 Å². The van der Waals surface area contributed by atoms with Crippen LogP contribution in [-0.4, -0.2) is 42.8 Å². The highest BCUT2D eigenvalue weighted by Gasteiger charge is 2.36. The van der Waals surface area contributed by atoms with Crippen LogP contribution in [0.25, 0.3) is 0 Å². The lowest BCUT2D eigenvalue weighted by Gasteiger charge is -2.47. The van der Waals surface area contributed by atoms with Gasteiger partial charge in [-0.25, -0.2) is 0 Å². The first-order chi connectivity index (χ1) is 8.72. The molecule has 1 rings (SSSR count). The number of rotatable bonds is 8. The van der Waals surface area contributed by atoms with Crippen LogP contribution < -0.4 is 5.73 Å². The molecule has 0 aromatic carbocycles. The topological polar surface area (TPSA) is 38.5 Å². The van der Waals surface area contributed by atoms with E-state index in [4.69, 9.17) is 10.5 Å². The molecule has 1 aliphatic heterocycles. The van der Waals surface area contributed by atoms with Gasteiger partial charge in [-0.3, -0.25) is 4.90 Å². The van der Waals surface area contributed by atoms with Gasteiger partial charge in [0, 0.05) is 31.8 Å². The zero-order valence-electron chi connectivity index (χ0n) is 12.6. The molecule has 0 unspecified atom stereocenters. The van der Waals surface area contributed by atoms with E-state index in [-0.39, 0.29) is 5.54 Å². The third kappa shape index (κ3) is 3.94. The zero-order valence-corrected chi connectivity index (χ0v) is 12.6. The highest BCUT2D eigenvalue weighted by molar-refractivity contribution is 4.93. The van der Waals surface area contributed by atoms with Gasteiger partial charge in [0.15, 0.2) is 0 Å². The molecule has 0 aliphatic carbocycles. The fourth-order valence-corrected chi connectivity index (χ4v) is 3.44. The molecule has 0 radical (unpaired) electrons. The van der Waals surface area contributed by atoms with Crippen molar-refractivity contribution in [3.63, 3.8) is 0 Å². The lowest BCUT2D eigenvalue weighted by Crippen LogP contribution is -2.57. The fraction of sp³-hybridized carbons (Fsp3) is 1.00. The summed E-state index contributed by atoms with van der Waals surface area (Å²) in [5.74, 6) is 0. The number of ether oxygens (including phenoxy) is 1. The van der Waals surface area contributed by atoms with Crippen molar-refractivity contribution in [1.82, 2.24) is 4.90 Å². The average Bonchev–Trinajstić information content (AvgIpc) is 2.39. The summed E-state index contributed by atoms with van der Waals surface area (Å²) in [4.78, 5) is 2.65. The van der Waals surface area contributed by atoms with E-state index >= 15 is 0 Å². The fourth-order valence-electron chi connectivity index (χ4n) is 3.44. The summed E-state index contributed by atoms with van der Waals surface area (Å²) in [6.45, 7) is 10.6. The van der Waals surface area contributed by atoms with Crippen LogP contribution in [0.15, 0.2) is 0 Å². The van der Waals surface area contributed by atoms with Gasteiger partial charge in [0.25, 0.3) is 0 Å². The molecular weight excluding hydrogens is 224 g/mol. The highest BCUT2D eigenvalue weighted by Crippen LogP contribution is 2.30. The maximum absolute atomic E-state index is 6.13. The summed E-state index contributed by atoms with van der Waals surface area (Å²) >= 11 is 0. The van der Waals surface area contributed by atoms with E-state index in [1.807, 2.05) is 0 Å². The van der Waals surface area contributed by atoms with E-state index in [2.05, 4.69) is 25.7 Å². The highest BCUT2D eigenvalue weighted by atomic mass is 16.5. The van der Waals surface area contributed by atoms with Crippen LogP contribution in [0.3, 0.4) is 0 Å². The molecule has 0 amide bonds. The van der Waals surface area contributed by atoms with Crippen LogP contribution in [0.1, 0.15) is 59.3 Å². The summed E-state index contributed by atoms with van der Waals surface area (Å²) in [5, 5.41) is 0. The molecule has 0 bridgehead atoms. The van der Waals surface area contributed by atoms with Gasteiger partial charge in [-0.05, 0) is 32.6 Å². The summed E-state index contributed by atoms with van der Waals surface area (Å²) in [7, 11) is 0. The van der Waals surface area contributed by atoms with Crippen LogP contribution in [0, 0.1) is 0 Å². The summed E-state index contributed by atoms with van der Waals surface area (Å²) in [6.07, 6.45) is 7.73. The molecule has 0 saturated carbocycles. The van der Waals surface area contributed by atoms with E-state index in [0.29, 0.717) is 6.10 Å². The minimum atomic E-state index is 0.251. The molecule has 1 aliphatic rings. The second kappa shape index (κ2) is 8.13. The van der Waals surface area contributed by atoms with Crippen molar-refractivity contribution in [2.45, 2.75) is 70.9 Å². The molecule has 0 atom stereocenters. The third-order valence-corrected chi connectivity index (χ3v) is 4.33. The number of likely N-dealkylation sites (tertiary alicyclic amines) is 1.